The van der Waals surface area contributed by atoms with Gasteiger partial charge in [0, 0.05) is 36.5 Å². The van der Waals surface area contributed by atoms with Crippen molar-refractivity contribution in [2.45, 2.75) is 51.4 Å². The molecule has 0 spiro atoms. The van der Waals surface area contributed by atoms with E-state index in [0.29, 0.717) is 12.3 Å². The first-order chi connectivity index (χ1) is 13.2. The van der Waals surface area contributed by atoms with E-state index in [4.69, 9.17) is 0 Å². The third kappa shape index (κ3) is 4.53. The molecule has 0 radical (unpaired) electrons. The fraction of sp³-hybridized carbons (Fsp3) is 0.500. The highest BCUT2D eigenvalue weighted by Crippen LogP contribution is 2.27. The van der Waals surface area contributed by atoms with Gasteiger partial charge in [-0.15, -0.1) is 0 Å². The van der Waals surface area contributed by atoms with Gasteiger partial charge in [-0.2, -0.15) is 0 Å². The molecule has 0 saturated carbocycles. The number of carbonyl (C=O) groups is 1. The zero-order chi connectivity index (χ0) is 18.6. The van der Waals surface area contributed by atoms with Gasteiger partial charge in [0.1, 0.15) is 5.82 Å². The van der Waals surface area contributed by atoms with E-state index in [1.807, 2.05) is 25.3 Å². The summed E-state index contributed by atoms with van der Waals surface area (Å²) in [6.45, 7) is 4.82. The summed E-state index contributed by atoms with van der Waals surface area (Å²) in [5.74, 6) is 1.47. The predicted molar refractivity (Wildman–Crippen MR) is 107 cm³/mol. The zero-order valence-corrected chi connectivity index (χ0v) is 16.1. The van der Waals surface area contributed by atoms with Crippen molar-refractivity contribution in [3.8, 4) is 0 Å². The number of aromatic nitrogens is 2. The van der Waals surface area contributed by atoms with Gasteiger partial charge < -0.3 is 10.2 Å². The summed E-state index contributed by atoms with van der Waals surface area (Å²) < 4.78 is 0. The summed E-state index contributed by atoms with van der Waals surface area (Å²) in [7, 11) is 0. The Balaban J connectivity index is 1.22. The molecule has 0 unspecified atom stereocenters. The predicted octanol–water partition coefficient (Wildman–Crippen LogP) is 3.48. The number of hydrogen-bond donors (Lipinski definition) is 1. The normalized spacial score (nSPS) is 17.7. The monoisotopic (exact) mass is 364 g/mol. The minimum atomic E-state index is 0.112. The second-order valence-electron chi connectivity index (χ2n) is 7.78. The molecule has 2 heterocycles. The second kappa shape index (κ2) is 8.17. The number of fused-ring (bicyclic) bond motifs is 1. The van der Waals surface area contributed by atoms with Gasteiger partial charge in [0.2, 0.25) is 5.91 Å². The molecule has 4 rings (SSSR count). The van der Waals surface area contributed by atoms with Crippen LogP contribution in [-0.4, -0.2) is 40.4 Å². The van der Waals surface area contributed by atoms with Gasteiger partial charge in [-0.1, -0.05) is 6.07 Å². The van der Waals surface area contributed by atoms with Crippen LogP contribution >= 0.6 is 0 Å². The van der Waals surface area contributed by atoms with Gasteiger partial charge in [-0.25, -0.2) is 9.97 Å². The molecule has 1 fully saturated rings. The van der Waals surface area contributed by atoms with Crippen LogP contribution in [0.1, 0.15) is 54.2 Å². The largest absolute Gasteiger partial charge is 0.326 e. The van der Waals surface area contributed by atoms with E-state index < -0.39 is 0 Å². The smallest absolute Gasteiger partial charge is 0.225 e. The number of nitrogens with one attached hydrogen (secondary N) is 1. The van der Waals surface area contributed by atoms with Crippen LogP contribution in [0.3, 0.4) is 0 Å². The van der Waals surface area contributed by atoms with Crippen molar-refractivity contribution in [1.29, 1.82) is 0 Å². The maximum absolute atomic E-state index is 12.3. The van der Waals surface area contributed by atoms with Crippen LogP contribution in [0.15, 0.2) is 30.5 Å². The highest BCUT2D eigenvalue weighted by molar-refractivity contribution is 5.91. The minimum Gasteiger partial charge on any atom is -0.326 e. The number of likely N-dealkylation sites (tertiary alicyclic amines) is 1. The van der Waals surface area contributed by atoms with Gasteiger partial charge >= 0.3 is 0 Å². The van der Waals surface area contributed by atoms with Crippen molar-refractivity contribution < 1.29 is 4.79 Å². The lowest BCUT2D eigenvalue weighted by Crippen LogP contribution is -2.35. The molecule has 27 heavy (non-hydrogen) atoms. The molecule has 1 aliphatic carbocycles. The Kier molecular flexibility index (Phi) is 5.48. The number of carbonyl (C=O) groups excluding carboxylic acids is 1. The van der Waals surface area contributed by atoms with Crippen LogP contribution in [0.25, 0.3) is 0 Å². The number of rotatable bonds is 5. The zero-order valence-electron chi connectivity index (χ0n) is 16.1. The molecule has 1 aromatic carbocycles. The molecule has 1 aliphatic heterocycles. The lowest BCUT2D eigenvalue weighted by atomic mass is 9.93. The van der Waals surface area contributed by atoms with Gasteiger partial charge in [-0.3, -0.25) is 4.79 Å². The van der Waals surface area contributed by atoms with Crippen molar-refractivity contribution in [2.24, 2.45) is 0 Å². The molecule has 1 N–H and O–H groups in total. The third-order valence-corrected chi connectivity index (χ3v) is 5.84. The highest BCUT2D eigenvalue weighted by atomic mass is 16.1. The Morgan fingerprint density at radius 3 is 2.81 bits per heavy atom. The molecule has 1 aromatic heterocycles. The van der Waals surface area contributed by atoms with E-state index in [-0.39, 0.29) is 5.91 Å². The molecule has 1 amide bonds. The number of piperidine rings is 1. The molecule has 5 heteroatoms. The van der Waals surface area contributed by atoms with E-state index in [0.717, 1.165) is 56.1 Å². The van der Waals surface area contributed by atoms with E-state index in [1.165, 1.54) is 24.0 Å². The second-order valence-corrected chi connectivity index (χ2v) is 7.78. The maximum atomic E-state index is 12.3. The van der Waals surface area contributed by atoms with Gasteiger partial charge in [0.15, 0.2) is 0 Å². The number of aryl methyl sites for hydroxylation is 3. The van der Waals surface area contributed by atoms with Crippen molar-refractivity contribution in [3.05, 3.63) is 53.1 Å². The Hall–Kier alpha value is -2.27. The number of anilines is 1. The number of hydrogen-bond acceptors (Lipinski definition) is 4. The molecule has 1 saturated heterocycles. The first-order valence-corrected chi connectivity index (χ1v) is 10.1. The Labute approximate surface area is 161 Å². The first kappa shape index (κ1) is 18.1. The van der Waals surface area contributed by atoms with Crippen molar-refractivity contribution in [1.82, 2.24) is 14.9 Å². The van der Waals surface area contributed by atoms with Crippen molar-refractivity contribution in [2.75, 3.05) is 25.0 Å². The lowest BCUT2D eigenvalue weighted by Gasteiger charge is -2.31. The van der Waals surface area contributed by atoms with E-state index in [1.54, 1.807) is 0 Å². The minimum absolute atomic E-state index is 0.112. The summed E-state index contributed by atoms with van der Waals surface area (Å²) in [6, 6.07) is 8.39. The summed E-state index contributed by atoms with van der Waals surface area (Å²) >= 11 is 0. The average molecular weight is 364 g/mol. The average Bonchev–Trinajstić information content (AvgIpc) is 3.15. The summed E-state index contributed by atoms with van der Waals surface area (Å²) in [5, 5.41) is 3.07. The fourth-order valence-electron chi connectivity index (χ4n) is 4.29. The highest BCUT2D eigenvalue weighted by Gasteiger charge is 2.22. The quantitative estimate of drug-likeness (QED) is 0.882. The van der Waals surface area contributed by atoms with Crippen molar-refractivity contribution >= 4 is 11.6 Å². The van der Waals surface area contributed by atoms with Crippen LogP contribution in [0.5, 0.6) is 0 Å². The summed E-state index contributed by atoms with van der Waals surface area (Å²) in [5.41, 5.74) is 4.94. The van der Waals surface area contributed by atoms with Gasteiger partial charge in [0.25, 0.3) is 0 Å². The van der Waals surface area contributed by atoms with Crippen LogP contribution in [0.4, 0.5) is 5.69 Å². The van der Waals surface area contributed by atoms with Crippen LogP contribution in [0, 0.1) is 6.92 Å². The van der Waals surface area contributed by atoms with E-state index >= 15 is 0 Å². The Bertz CT molecular complexity index is 812. The molecular weight excluding hydrogens is 336 g/mol. The molecular formula is C22H28N4O. The van der Waals surface area contributed by atoms with Gasteiger partial charge in [0.05, 0.1) is 0 Å². The van der Waals surface area contributed by atoms with E-state index in [9.17, 15) is 4.79 Å². The SMILES string of the molecule is Cc1nccc(C2CCN(CCC(=O)Nc3ccc4c(c3)CCC4)CC2)n1. The summed E-state index contributed by atoms with van der Waals surface area (Å²) in [6.07, 6.45) is 8.15. The fourth-order valence-corrected chi connectivity index (χ4v) is 4.29. The maximum Gasteiger partial charge on any atom is 0.225 e. The van der Waals surface area contributed by atoms with Crippen LogP contribution < -0.4 is 5.32 Å². The third-order valence-electron chi connectivity index (χ3n) is 5.84. The molecule has 0 atom stereocenters. The summed E-state index contributed by atoms with van der Waals surface area (Å²) in [4.78, 5) is 23.5. The molecule has 2 aliphatic rings. The Morgan fingerprint density at radius 2 is 2.00 bits per heavy atom. The van der Waals surface area contributed by atoms with E-state index in [2.05, 4.69) is 32.3 Å². The number of nitrogens with zero attached hydrogens (tertiary/aromatic N) is 3. The molecule has 5 nitrogen and oxygen atoms in total. The van der Waals surface area contributed by atoms with Gasteiger partial charge in [-0.05, 0) is 81.4 Å². The number of benzene rings is 1. The van der Waals surface area contributed by atoms with Crippen LogP contribution in [0.2, 0.25) is 0 Å². The van der Waals surface area contributed by atoms with Crippen molar-refractivity contribution in [3.63, 3.8) is 0 Å². The van der Waals surface area contributed by atoms with Crippen LogP contribution in [-0.2, 0) is 17.6 Å². The molecule has 2 aromatic rings. The topological polar surface area (TPSA) is 58.1 Å². The lowest BCUT2D eigenvalue weighted by molar-refractivity contribution is -0.116. The molecule has 142 valence electrons. The standard InChI is InChI=1S/C22H28N4O/c1-16-23-11-7-21(24-16)18-8-12-26(13-9-18)14-10-22(27)25-20-6-5-17-3-2-4-19(17)15-20/h5-7,11,15,18H,2-4,8-10,12-14H2,1H3,(H,25,27). The Morgan fingerprint density at radius 1 is 1.19 bits per heavy atom. The number of amides is 1. The first-order valence-electron chi connectivity index (χ1n) is 10.1. The molecule has 0 bridgehead atoms.